The van der Waals surface area contributed by atoms with Crippen LogP contribution >= 0.6 is 0 Å². The Kier molecular flexibility index (Phi) is 7.95. The van der Waals surface area contributed by atoms with Crippen molar-refractivity contribution in [3.05, 3.63) is 120 Å². The van der Waals surface area contributed by atoms with Gasteiger partial charge in [-0.2, -0.15) is 0 Å². The number of nitrogens with one attached hydrogen (secondary N) is 1. The quantitative estimate of drug-likeness (QED) is 0.281. The van der Waals surface area contributed by atoms with E-state index in [-0.39, 0.29) is 11.9 Å². The van der Waals surface area contributed by atoms with Crippen molar-refractivity contribution in [3.8, 4) is 11.1 Å². The van der Waals surface area contributed by atoms with Crippen LogP contribution in [-0.4, -0.2) is 43.3 Å². The van der Waals surface area contributed by atoms with Crippen LogP contribution in [0.25, 0.3) is 11.1 Å². The maximum Gasteiger partial charge on any atom is 0.256 e. The van der Waals surface area contributed by atoms with E-state index in [1.807, 2.05) is 97.1 Å². The molecule has 5 nitrogen and oxygen atoms in total. The van der Waals surface area contributed by atoms with Gasteiger partial charge in [-0.15, -0.1) is 0 Å². The van der Waals surface area contributed by atoms with Gasteiger partial charge in [-0.05, 0) is 66.9 Å². The van der Waals surface area contributed by atoms with E-state index in [1.165, 1.54) is 0 Å². The second-order valence-electron chi connectivity index (χ2n) is 9.79. The molecule has 1 aliphatic heterocycles. The van der Waals surface area contributed by atoms with Gasteiger partial charge in [0.2, 0.25) is 0 Å². The summed E-state index contributed by atoms with van der Waals surface area (Å²) in [5.41, 5.74) is 5.54. The van der Waals surface area contributed by atoms with Crippen molar-refractivity contribution in [2.24, 2.45) is 0 Å². The second-order valence-corrected chi connectivity index (χ2v) is 9.79. The molecule has 1 saturated heterocycles. The highest BCUT2D eigenvalue weighted by Gasteiger charge is 2.28. The van der Waals surface area contributed by atoms with Crippen LogP contribution in [0.3, 0.4) is 0 Å². The summed E-state index contributed by atoms with van der Waals surface area (Å²) in [6.07, 6.45) is 3.03. The predicted molar refractivity (Wildman–Crippen MR) is 155 cm³/mol. The SMILES string of the molecule is CN(C1CCN(c2ccc(NC(=O)c3ccccc3-c3ccccc3)cc2)CC1)C(C=O)c1ccccc1. The van der Waals surface area contributed by atoms with Crippen molar-refractivity contribution in [1.29, 1.82) is 0 Å². The third-order valence-corrected chi connectivity index (χ3v) is 7.50. The van der Waals surface area contributed by atoms with Gasteiger partial charge in [0.05, 0.1) is 6.04 Å². The molecule has 1 amide bonds. The van der Waals surface area contributed by atoms with Crippen LogP contribution in [0.5, 0.6) is 0 Å². The Hall–Kier alpha value is -4.22. The first-order valence-corrected chi connectivity index (χ1v) is 13.2. The first-order chi connectivity index (χ1) is 18.6. The molecule has 5 heteroatoms. The summed E-state index contributed by atoms with van der Waals surface area (Å²) >= 11 is 0. The van der Waals surface area contributed by atoms with E-state index >= 15 is 0 Å². The maximum absolute atomic E-state index is 13.1. The summed E-state index contributed by atoms with van der Waals surface area (Å²) in [6.45, 7) is 1.84. The van der Waals surface area contributed by atoms with Crippen LogP contribution in [0.1, 0.15) is 34.8 Å². The van der Waals surface area contributed by atoms with Gasteiger partial charge in [0.25, 0.3) is 5.91 Å². The van der Waals surface area contributed by atoms with E-state index < -0.39 is 0 Å². The topological polar surface area (TPSA) is 52.6 Å². The molecule has 1 atom stereocenters. The predicted octanol–water partition coefficient (Wildman–Crippen LogP) is 6.45. The van der Waals surface area contributed by atoms with Gasteiger partial charge < -0.3 is 15.0 Å². The number of carbonyl (C=O) groups is 2. The molecule has 0 radical (unpaired) electrons. The van der Waals surface area contributed by atoms with Crippen LogP contribution in [-0.2, 0) is 4.79 Å². The van der Waals surface area contributed by atoms with E-state index in [2.05, 4.69) is 34.3 Å². The van der Waals surface area contributed by atoms with Crippen LogP contribution in [0.4, 0.5) is 11.4 Å². The Balaban J connectivity index is 1.20. The Bertz CT molecular complexity index is 1350. The Morgan fingerprint density at radius 2 is 1.45 bits per heavy atom. The molecule has 4 aromatic rings. The van der Waals surface area contributed by atoms with Gasteiger partial charge in [0, 0.05) is 36.1 Å². The van der Waals surface area contributed by atoms with Gasteiger partial charge in [0.1, 0.15) is 6.29 Å². The minimum atomic E-state index is -0.220. The maximum atomic E-state index is 13.1. The summed E-state index contributed by atoms with van der Waals surface area (Å²) in [5, 5.41) is 3.06. The van der Waals surface area contributed by atoms with Gasteiger partial charge in [-0.1, -0.05) is 78.9 Å². The monoisotopic (exact) mass is 503 g/mol. The number of anilines is 2. The molecule has 1 N–H and O–H groups in total. The van der Waals surface area contributed by atoms with Crippen molar-refractivity contribution in [2.45, 2.75) is 24.9 Å². The highest BCUT2D eigenvalue weighted by atomic mass is 16.1. The van der Waals surface area contributed by atoms with Crippen molar-refractivity contribution < 1.29 is 9.59 Å². The lowest BCUT2D eigenvalue weighted by Crippen LogP contribution is -2.45. The fourth-order valence-electron chi connectivity index (χ4n) is 5.32. The number of carbonyl (C=O) groups excluding carboxylic acids is 2. The molecule has 1 heterocycles. The minimum absolute atomic E-state index is 0.121. The van der Waals surface area contributed by atoms with Gasteiger partial charge in [-0.3, -0.25) is 9.69 Å². The molecule has 1 unspecified atom stereocenters. The summed E-state index contributed by atoms with van der Waals surface area (Å²) in [5.74, 6) is -0.121. The molecule has 1 aliphatic rings. The lowest BCUT2D eigenvalue weighted by Gasteiger charge is -2.40. The highest BCUT2D eigenvalue weighted by Crippen LogP contribution is 2.28. The summed E-state index contributed by atoms with van der Waals surface area (Å²) in [4.78, 5) is 29.6. The van der Waals surface area contributed by atoms with Crippen molar-refractivity contribution in [3.63, 3.8) is 0 Å². The van der Waals surface area contributed by atoms with Crippen LogP contribution in [0.15, 0.2) is 109 Å². The van der Waals surface area contributed by atoms with Crippen LogP contribution in [0.2, 0.25) is 0 Å². The standard InChI is InChI=1S/C33H33N3O2/c1-35(32(24-37)26-12-6-3-7-13-26)28-20-22-36(23-21-28)29-18-16-27(17-19-29)34-33(38)31-15-9-8-14-30(31)25-10-4-2-5-11-25/h2-19,24,28,32H,20-23H2,1H3,(H,34,38). The Morgan fingerprint density at radius 1 is 0.842 bits per heavy atom. The summed E-state index contributed by atoms with van der Waals surface area (Å²) in [6, 6.07) is 35.8. The average molecular weight is 504 g/mol. The Morgan fingerprint density at radius 3 is 2.11 bits per heavy atom. The van der Waals surface area contributed by atoms with E-state index in [0.717, 1.165) is 60.3 Å². The lowest BCUT2D eigenvalue weighted by molar-refractivity contribution is -0.113. The smallest absolute Gasteiger partial charge is 0.256 e. The number of rotatable bonds is 8. The van der Waals surface area contributed by atoms with Crippen LogP contribution in [0, 0.1) is 0 Å². The number of piperidine rings is 1. The Labute approximate surface area is 224 Å². The molecular formula is C33H33N3O2. The molecule has 5 rings (SSSR count). The zero-order chi connectivity index (χ0) is 26.3. The fraction of sp³-hybridized carbons (Fsp3) is 0.212. The molecule has 0 aromatic heterocycles. The van der Waals surface area contributed by atoms with Gasteiger partial charge >= 0.3 is 0 Å². The van der Waals surface area contributed by atoms with Gasteiger partial charge in [-0.25, -0.2) is 0 Å². The molecule has 0 bridgehead atoms. The zero-order valence-corrected chi connectivity index (χ0v) is 21.7. The summed E-state index contributed by atoms with van der Waals surface area (Å²) < 4.78 is 0. The number of hydrogen-bond donors (Lipinski definition) is 1. The molecule has 0 spiro atoms. The normalized spacial score (nSPS) is 14.7. The molecule has 38 heavy (non-hydrogen) atoms. The van der Waals surface area contributed by atoms with E-state index in [1.54, 1.807) is 0 Å². The number of aldehydes is 1. The third kappa shape index (κ3) is 5.68. The number of benzene rings is 4. The molecular weight excluding hydrogens is 470 g/mol. The molecule has 192 valence electrons. The number of amides is 1. The fourth-order valence-corrected chi connectivity index (χ4v) is 5.32. The lowest BCUT2D eigenvalue weighted by atomic mass is 9.98. The second kappa shape index (κ2) is 11.9. The van der Waals surface area contributed by atoms with Gasteiger partial charge in [0.15, 0.2) is 0 Å². The minimum Gasteiger partial charge on any atom is -0.371 e. The average Bonchev–Trinajstić information content (AvgIpc) is 2.99. The number of likely N-dealkylation sites (N-methyl/N-ethyl adjacent to an activating group) is 1. The van der Waals surface area contributed by atoms with Crippen LogP contribution < -0.4 is 10.2 Å². The van der Waals surface area contributed by atoms with Crippen molar-refractivity contribution >= 4 is 23.6 Å². The highest BCUT2D eigenvalue weighted by molar-refractivity contribution is 6.08. The first kappa shape index (κ1) is 25.4. The van der Waals surface area contributed by atoms with Crippen molar-refractivity contribution in [2.75, 3.05) is 30.4 Å². The van der Waals surface area contributed by atoms with E-state index in [4.69, 9.17) is 0 Å². The molecule has 4 aromatic carbocycles. The van der Waals surface area contributed by atoms with E-state index in [0.29, 0.717) is 11.6 Å². The van der Waals surface area contributed by atoms with E-state index in [9.17, 15) is 9.59 Å². The number of nitrogens with zero attached hydrogens (tertiary/aromatic N) is 2. The molecule has 1 fully saturated rings. The summed E-state index contributed by atoms with van der Waals surface area (Å²) in [7, 11) is 2.06. The molecule has 0 saturated carbocycles. The number of hydrogen-bond acceptors (Lipinski definition) is 4. The zero-order valence-electron chi connectivity index (χ0n) is 21.7. The molecule has 0 aliphatic carbocycles. The largest absolute Gasteiger partial charge is 0.371 e. The van der Waals surface area contributed by atoms with Crippen molar-refractivity contribution in [1.82, 2.24) is 4.90 Å². The first-order valence-electron chi connectivity index (χ1n) is 13.2. The third-order valence-electron chi connectivity index (χ3n) is 7.50.